The van der Waals surface area contributed by atoms with E-state index in [2.05, 4.69) is 0 Å². The lowest BCUT2D eigenvalue weighted by molar-refractivity contribution is 0.203. The summed E-state index contributed by atoms with van der Waals surface area (Å²) < 4.78 is 43.0. The Morgan fingerprint density at radius 1 is 1.73 bits per heavy atom. The van der Waals surface area contributed by atoms with Gasteiger partial charge in [-0.05, 0) is 12.8 Å². The molecule has 11 heavy (non-hydrogen) atoms. The molecule has 0 aliphatic carbocycles. The van der Waals surface area contributed by atoms with Crippen LogP contribution in [0.15, 0.2) is 0 Å². The Labute approximate surface area is 67.6 Å². The van der Waals surface area contributed by atoms with E-state index in [9.17, 15) is 12.8 Å². The highest BCUT2D eigenvalue weighted by atomic mass is 32.2. The van der Waals surface area contributed by atoms with E-state index in [4.69, 9.17) is 1.37 Å². The molecule has 0 radical (unpaired) electrons. The molecule has 1 fully saturated rings. The molecule has 3 nitrogen and oxygen atoms in total. The lowest BCUT2D eigenvalue weighted by atomic mass is 10.1. The third kappa shape index (κ3) is 2.41. The van der Waals surface area contributed by atoms with Gasteiger partial charge in [-0.15, -0.1) is 0 Å². The summed E-state index contributed by atoms with van der Waals surface area (Å²) >= 11 is 0. The van der Waals surface area contributed by atoms with E-state index >= 15 is 0 Å². The molecule has 2 atom stereocenters. The predicted octanol–water partition coefficient (Wildman–Crippen LogP) is 0.380. The van der Waals surface area contributed by atoms with Crippen LogP contribution in [0.25, 0.3) is 0 Å². The molecule has 0 saturated carbocycles. The molecular formula is C6H12FNO2S. The van der Waals surface area contributed by atoms with Gasteiger partial charge in [-0.3, -0.25) is 0 Å². The number of piperidine rings is 1. The molecule has 0 unspecified atom stereocenters. The van der Waals surface area contributed by atoms with E-state index in [1.165, 1.54) is 0 Å². The second kappa shape index (κ2) is 3.06. The van der Waals surface area contributed by atoms with Crippen LogP contribution in [-0.2, 0) is 10.0 Å². The van der Waals surface area contributed by atoms with Crippen LogP contribution in [0.5, 0.6) is 0 Å². The molecule has 0 aromatic rings. The smallest absolute Gasteiger partial charge is 0.211 e. The number of nitrogens with zero attached hydrogens (tertiary/aromatic N) is 1. The number of halogens is 1. The van der Waals surface area contributed by atoms with Crippen molar-refractivity contribution in [2.24, 2.45) is 0 Å². The van der Waals surface area contributed by atoms with Crippen molar-refractivity contribution < 1.29 is 14.2 Å². The van der Waals surface area contributed by atoms with Crippen LogP contribution in [0, 0.1) is 0 Å². The summed E-state index contributed by atoms with van der Waals surface area (Å²) in [5.41, 5.74) is 0. The Morgan fingerprint density at radius 3 is 2.82 bits per heavy atom. The molecular weight excluding hydrogens is 169 g/mol. The third-order valence-corrected chi connectivity index (χ3v) is 2.92. The van der Waals surface area contributed by atoms with Gasteiger partial charge in [0.05, 0.1) is 6.26 Å². The summed E-state index contributed by atoms with van der Waals surface area (Å²) in [6, 6.07) is 0. The fourth-order valence-corrected chi connectivity index (χ4v) is 1.91. The molecule has 5 heteroatoms. The van der Waals surface area contributed by atoms with Crippen molar-refractivity contribution in [2.45, 2.75) is 19.0 Å². The number of hydrogen-bond acceptors (Lipinski definition) is 2. The molecule has 1 aliphatic heterocycles. The zero-order chi connectivity index (χ0) is 9.35. The van der Waals surface area contributed by atoms with Crippen LogP contribution in [0.4, 0.5) is 4.39 Å². The number of hydrogen-bond donors (Lipinski definition) is 0. The topological polar surface area (TPSA) is 37.4 Å². The second-order valence-electron chi connectivity index (χ2n) is 2.66. The summed E-state index contributed by atoms with van der Waals surface area (Å²) in [5.74, 6) is 0. The highest BCUT2D eigenvalue weighted by Gasteiger charge is 2.25. The summed E-state index contributed by atoms with van der Waals surface area (Å²) in [6.45, 7) is 0.112. The molecule has 0 N–H and O–H groups in total. The number of sulfonamides is 1. The third-order valence-electron chi connectivity index (χ3n) is 1.65. The highest BCUT2D eigenvalue weighted by molar-refractivity contribution is 7.88. The Kier molecular flexibility index (Phi) is 2.09. The van der Waals surface area contributed by atoms with Crippen molar-refractivity contribution in [3.8, 4) is 0 Å². The minimum atomic E-state index is -3.27. The molecule has 1 aliphatic rings. The Bertz CT molecular complexity index is 256. The van der Waals surface area contributed by atoms with E-state index in [0.717, 1.165) is 10.6 Å². The van der Waals surface area contributed by atoms with E-state index in [1.807, 2.05) is 0 Å². The van der Waals surface area contributed by atoms with Crippen molar-refractivity contribution in [3.05, 3.63) is 0 Å². The van der Waals surface area contributed by atoms with Gasteiger partial charge in [-0.1, -0.05) is 0 Å². The Balaban J connectivity index is 2.64. The second-order valence-corrected chi connectivity index (χ2v) is 4.64. The molecule has 0 amide bonds. The van der Waals surface area contributed by atoms with Crippen molar-refractivity contribution in [3.63, 3.8) is 0 Å². The zero-order valence-electron chi connectivity index (χ0n) is 7.33. The van der Waals surface area contributed by atoms with Gasteiger partial charge >= 0.3 is 0 Å². The van der Waals surface area contributed by atoms with Gasteiger partial charge in [0.25, 0.3) is 0 Å². The fourth-order valence-electron chi connectivity index (χ4n) is 1.06. The van der Waals surface area contributed by atoms with Gasteiger partial charge in [0.15, 0.2) is 0 Å². The van der Waals surface area contributed by atoms with Gasteiger partial charge in [0.1, 0.15) is 6.17 Å². The number of rotatable bonds is 1. The predicted molar refractivity (Wildman–Crippen MR) is 40.5 cm³/mol. The molecule has 1 saturated heterocycles. The minimum absolute atomic E-state index is 0.160. The minimum Gasteiger partial charge on any atom is -0.246 e. The molecule has 66 valence electrons. The van der Waals surface area contributed by atoms with Gasteiger partial charge in [-0.2, -0.15) is 4.31 Å². The highest BCUT2D eigenvalue weighted by Crippen LogP contribution is 2.14. The lowest BCUT2D eigenvalue weighted by Crippen LogP contribution is -2.39. The summed E-state index contributed by atoms with van der Waals surface area (Å²) in [4.78, 5) is 0. The van der Waals surface area contributed by atoms with Crippen molar-refractivity contribution in [1.82, 2.24) is 4.31 Å². The molecule has 0 spiro atoms. The van der Waals surface area contributed by atoms with Crippen molar-refractivity contribution in [1.29, 1.82) is 0 Å². The average Bonchev–Trinajstić information content (AvgIpc) is 1.92. The van der Waals surface area contributed by atoms with Crippen molar-refractivity contribution >= 4 is 10.0 Å². The first-order chi connectivity index (χ1) is 5.41. The van der Waals surface area contributed by atoms with Crippen molar-refractivity contribution in [2.75, 3.05) is 19.3 Å². The Morgan fingerprint density at radius 2 is 2.36 bits per heavy atom. The van der Waals surface area contributed by atoms with Crippen LogP contribution in [0.1, 0.15) is 14.2 Å². The lowest BCUT2D eigenvalue weighted by Gasteiger charge is -2.26. The van der Waals surface area contributed by atoms with Gasteiger partial charge in [0, 0.05) is 14.5 Å². The van der Waals surface area contributed by atoms with Gasteiger partial charge in [-0.25, -0.2) is 12.8 Å². The monoisotopic (exact) mass is 182 g/mol. The maximum Gasteiger partial charge on any atom is 0.211 e. The molecule has 1 rings (SSSR count). The van der Waals surface area contributed by atoms with Crippen LogP contribution >= 0.6 is 0 Å². The first-order valence-corrected chi connectivity index (χ1v) is 5.27. The molecule has 1 heterocycles. The molecule has 0 aromatic carbocycles. The summed E-state index contributed by atoms with van der Waals surface area (Å²) in [5, 5.41) is 0. The zero-order valence-corrected chi connectivity index (χ0v) is 7.14. The molecule has 0 bridgehead atoms. The standard InChI is InChI=1S/C6H12FNO2S/c1-11(9,10)8-4-2-3-6(7)5-8/h6H,2-5H2,1H3/t6-/m1/s1/i3D/t3-,6-. The summed E-state index contributed by atoms with van der Waals surface area (Å²) in [7, 11) is -3.27. The maximum atomic E-state index is 12.9. The van der Waals surface area contributed by atoms with E-state index in [-0.39, 0.29) is 19.5 Å². The first kappa shape index (κ1) is 7.49. The van der Waals surface area contributed by atoms with E-state index in [0.29, 0.717) is 0 Å². The molecule has 0 aromatic heterocycles. The van der Waals surface area contributed by atoms with E-state index in [1.54, 1.807) is 0 Å². The quantitative estimate of drug-likeness (QED) is 0.588. The largest absolute Gasteiger partial charge is 0.246 e. The summed E-state index contributed by atoms with van der Waals surface area (Å²) in [6.07, 6.45) is -0.755. The average molecular weight is 182 g/mol. The fraction of sp³-hybridized carbons (Fsp3) is 1.00. The maximum absolute atomic E-state index is 12.9. The Hall–Kier alpha value is -0.160. The van der Waals surface area contributed by atoms with Crippen LogP contribution < -0.4 is 0 Å². The SMILES string of the molecule is [2H][C@@H]1CCN(S(C)(=O)=O)C[C@@H]1F. The van der Waals surface area contributed by atoms with Gasteiger partial charge < -0.3 is 0 Å². The first-order valence-electron chi connectivity index (χ1n) is 4.00. The normalized spacial score (nSPS) is 36.7. The van der Waals surface area contributed by atoms with Crippen LogP contribution in [-0.4, -0.2) is 38.2 Å². The van der Waals surface area contributed by atoms with E-state index < -0.39 is 22.6 Å². The van der Waals surface area contributed by atoms with Crippen LogP contribution in [0.2, 0.25) is 0 Å². The number of alkyl halides is 1. The van der Waals surface area contributed by atoms with Gasteiger partial charge in [0.2, 0.25) is 10.0 Å². The van der Waals surface area contributed by atoms with Crippen LogP contribution in [0.3, 0.4) is 0 Å².